The normalized spacial score (nSPS) is 11.7. The molecule has 0 unspecified atom stereocenters. The summed E-state index contributed by atoms with van der Waals surface area (Å²) in [6, 6.07) is 13.2. The van der Waals surface area contributed by atoms with Crippen molar-refractivity contribution < 1.29 is 22.6 Å². The van der Waals surface area contributed by atoms with E-state index in [0.29, 0.717) is 11.3 Å². The topological polar surface area (TPSA) is 18.5 Å². The molecule has 0 saturated carbocycles. The van der Waals surface area contributed by atoms with Crippen molar-refractivity contribution >= 4 is 0 Å². The Bertz CT molecular complexity index is 627. The third-order valence-electron chi connectivity index (χ3n) is 3.30. The van der Waals surface area contributed by atoms with Crippen LogP contribution in [0, 0.1) is 11.2 Å². The van der Waals surface area contributed by atoms with Crippen LogP contribution in [-0.4, -0.2) is 13.0 Å². The van der Waals surface area contributed by atoms with Crippen molar-refractivity contribution in [3.8, 4) is 11.5 Å². The smallest absolute Gasteiger partial charge is 0.245 e. The average Bonchev–Trinajstić information content (AvgIpc) is 2.51. The number of ether oxygens (including phenoxy) is 2. The zero-order chi connectivity index (χ0) is 16.9. The molecule has 2 nitrogen and oxygen atoms in total. The number of hydrogen-bond donors (Lipinski definition) is 0. The van der Waals surface area contributed by atoms with Crippen molar-refractivity contribution in [2.75, 3.05) is 6.61 Å². The third kappa shape index (κ3) is 4.99. The number of rotatable bonds is 7. The highest BCUT2D eigenvalue weighted by molar-refractivity contribution is 5.35. The van der Waals surface area contributed by atoms with E-state index in [2.05, 4.69) is 0 Å². The van der Waals surface area contributed by atoms with Gasteiger partial charge in [0.1, 0.15) is 5.75 Å². The molecule has 0 atom stereocenters. The summed E-state index contributed by atoms with van der Waals surface area (Å²) in [5.74, 6) is 0.0965. The summed E-state index contributed by atoms with van der Waals surface area (Å²) < 4.78 is 50.1. The Morgan fingerprint density at radius 3 is 2.39 bits per heavy atom. The molecular weight excluding hydrogens is 305 g/mol. The van der Waals surface area contributed by atoms with Gasteiger partial charge in [0.15, 0.2) is 11.6 Å². The summed E-state index contributed by atoms with van der Waals surface area (Å²) in [6.45, 7) is 2.90. The van der Waals surface area contributed by atoms with Gasteiger partial charge < -0.3 is 9.47 Å². The van der Waals surface area contributed by atoms with E-state index in [1.165, 1.54) is 26.0 Å². The van der Waals surface area contributed by atoms with Crippen molar-refractivity contribution in [3.63, 3.8) is 0 Å². The molecule has 0 heterocycles. The van der Waals surface area contributed by atoms with Crippen LogP contribution in [0.3, 0.4) is 0 Å². The zero-order valence-corrected chi connectivity index (χ0v) is 13.1. The Balaban J connectivity index is 2.00. The minimum atomic E-state index is -2.47. The maximum atomic E-state index is 13.8. The lowest BCUT2D eigenvalue weighted by Gasteiger charge is -2.23. The Morgan fingerprint density at radius 2 is 1.74 bits per heavy atom. The molecule has 0 aromatic heterocycles. The molecule has 0 fully saturated rings. The molecule has 23 heavy (non-hydrogen) atoms. The highest BCUT2D eigenvalue weighted by Gasteiger charge is 2.29. The summed E-state index contributed by atoms with van der Waals surface area (Å²) in [5.41, 5.74) is -0.564. The minimum absolute atomic E-state index is 0.0745. The highest BCUT2D eigenvalue weighted by Crippen LogP contribution is 2.27. The molecule has 0 amide bonds. The van der Waals surface area contributed by atoms with Gasteiger partial charge >= 0.3 is 0 Å². The van der Waals surface area contributed by atoms with E-state index >= 15 is 0 Å². The van der Waals surface area contributed by atoms with Crippen molar-refractivity contribution in [1.29, 1.82) is 0 Å². The summed E-state index contributed by atoms with van der Waals surface area (Å²) in [4.78, 5) is 0. The Labute approximate surface area is 133 Å². The van der Waals surface area contributed by atoms with E-state index in [-0.39, 0.29) is 19.0 Å². The number of alkyl halides is 2. The minimum Gasteiger partial charge on any atom is -0.454 e. The van der Waals surface area contributed by atoms with Crippen LogP contribution in [0.15, 0.2) is 48.5 Å². The lowest BCUT2D eigenvalue weighted by molar-refractivity contribution is -0.0479. The molecule has 124 valence electrons. The Morgan fingerprint density at radius 1 is 1.04 bits per heavy atom. The zero-order valence-electron chi connectivity index (χ0n) is 13.1. The average molecular weight is 324 g/mol. The van der Waals surface area contributed by atoms with Crippen LogP contribution in [0.5, 0.6) is 11.5 Å². The number of halogens is 3. The molecule has 2 rings (SSSR count). The van der Waals surface area contributed by atoms with Crippen molar-refractivity contribution in [2.45, 2.75) is 26.9 Å². The Hall–Kier alpha value is -2.01. The first kappa shape index (κ1) is 17.3. The van der Waals surface area contributed by atoms with E-state index in [4.69, 9.17) is 9.47 Å². The predicted molar refractivity (Wildman–Crippen MR) is 82.4 cm³/mol. The fourth-order valence-electron chi connectivity index (χ4n) is 1.83. The second-order valence-electron chi connectivity index (χ2n) is 5.96. The molecule has 0 aliphatic rings. The lowest BCUT2D eigenvalue weighted by atomic mass is 9.96. The van der Waals surface area contributed by atoms with E-state index in [1.807, 2.05) is 6.07 Å². The van der Waals surface area contributed by atoms with E-state index in [0.717, 1.165) is 0 Å². The lowest BCUT2D eigenvalue weighted by Crippen LogP contribution is -2.27. The molecule has 0 spiro atoms. The van der Waals surface area contributed by atoms with Crippen LogP contribution in [-0.2, 0) is 11.3 Å². The SMILES string of the molecule is CC(C)(COCc1ccc(F)c(Oc2ccccc2)c1)C(F)F. The quantitative estimate of drug-likeness (QED) is 0.676. The first-order valence-corrected chi connectivity index (χ1v) is 7.26. The van der Waals surface area contributed by atoms with Crippen LogP contribution in [0.25, 0.3) is 0 Å². The van der Waals surface area contributed by atoms with Crippen LogP contribution >= 0.6 is 0 Å². The maximum Gasteiger partial charge on any atom is 0.245 e. The fraction of sp³-hybridized carbons (Fsp3) is 0.333. The van der Waals surface area contributed by atoms with Crippen molar-refractivity contribution in [1.82, 2.24) is 0 Å². The highest BCUT2D eigenvalue weighted by atomic mass is 19.3. The largest absolute Gasteiger partial charge is 0.454 e. The number of para-hydroxylation sites is 1. The standard InChI is InChI=1S/C18H19F3O2/c1-18(2,17(20)21)12-22-11-13-8-9-15(19)16(10-13)23-14-6-4-3-5-7-14/h3-10,17H,11-12H2,1-2H3. The van der Waals surface area contributed by atoms with Crippen LogP contribution in [0.4, 0.5) is 13.2 Å². The molecule has 0 saturated heterocycles. The molecule has 0 bridgehead atoms. The summed E-state index contributed by atoms with van der Waals surface area (Å²) >= 11 is 0. The molecule has 0 radical (unpaired) electrons. The van der Waals surface area contributed by atoms with E-state index in [9.17, 15) is 13.2 Å². The van der Waals surface area contributed by atoms with Gasteiger partial charge in [-0.25, -0.2) is 13.2 Å². The maximum absolute atomic E-state index is 13.8. The molecule has 2 aromatic rings. The van der Waals surface area contributed by atoms with Gasteiger partial charge in [0.25, 0.3) is 0 Å². The van der Waals surface area contributed by atoms with Gasteiger partial charge in [-0.05, 0) is 29.8 Å². The monoisotopic (exact) mass is 324 g/mol. The molecule has 2 aromatic carbocycles. The van der Waals surface area contributed by atoms with Crippen LogP contribution < -0.4 is 4.74 Å². The summed E-state index contributed by atoms with van der Waals surface area (Å²) in [7, 11) is 0. The first-order valence-electron chi connectivity index (χ1n) is 7.26. The molecule has 0 aliphatic carbocycles. The van der Waals surface area contributed by atoms with Crippen LogP contribution in [0.2, 0.25) is 0 Å². The third-order valence-corrected chi connectivity index (χ3v) is 3.30. The molecule has 0 aliphatic heterocycles. The van der Waals surface area contributed by atoms with Gasteiger partial charge in [-0.1, -0.05) is 38.1 Å². The van der Waals surface area contributed by atoms with Crippen LogP contribution in [0.1, 0.15) is 19.4 Å². The van der Waals surface area contributed by atoms with Gasteiger partial charge in [-0.2, -0.15) is 0 Å². The van der Waals surface area contributed by atoms with Gasteiger partial charge in [0.05, 0.1) is 13.2 Å². The van der Waals surface area contributed by atoms with Gasteiger partial charge in [-0.15, -0.1) is 0 Å². The van der Waals surface area contributed by atoms with Crippen molar-refractivity contribution in [3.05, 3.63) is 59.9 Å². The summed E-state index contributed by atoms with van der Waals surface area (Å²) in [5, 5.41) is 0. The Kier molecular flexibility index (Phi) is 5.66. The second kappa shape index (κ2) is 7.51. The predicted octanol–water partition coefficient (Wildman–Crippen LogP) is 5.43. The van der Waals surface area contributed by atoms with E-state index in [1.54, 1.807) is 30.3 Å². The molecule has 0 N–H and O–H groups in total. The van der Waals surface area contributed by atoms with Gasteiger partial charge in [0, 0.05) is 5.41 Å². The second-order valence-corrected chi connectivity index (χ2v) is 5.96. The number of benzene rings is 2. The van der Waals surface area contributed by atoms with Crippen molar-refractivity contribution in [2.24, 2.45) is 5.41 Å². The van der Waals surface area contributed by atoms with Gasteiger partial charge in [-0.3, -0.25) is 0 Å². The van der Waals surface area contributed by atoms with Gasteiger partial charge in [0.2, 0.25) is 6.43 Å². The number of hydrogen-bond acceptors (Lipinski definition) is 2. The summed E-state index contributed by atoms with van der Waals surface area (Å²) in [6.07, 6.45) is -2.47. The molecule has 5 heteroatoms. The first-order chi connectivity index (χ1) is 10.9. The molecular formula is C18H19F3O2. The fourth-order valence-corrected chi connectivity index (χ4v) is 1.83. The van der Waals surface area contributed by atoms with E-state index < -0.39 is 17.7 Å².